The van der Waals surface area contributed by atoms with E-state index in [-0.39, 0.29) is 11.3 Å². The van der Waals surface area contributed by atoms with Gasteiger partial charge in [0.15, 0.2) is 13.1 Å². The fourth-order valence-electron chi connectivity index (χ4n) is 4.19. The number of benzene rings is 1. The number of fused-ring (bicyclic) bond motifs is 1. The Hall–Kier alpha value is -3.61. The maximum absolute atomic E-state index is 12.9. The second-order valence-corrected chi connectivity index (χ2v) is 7.96. The van der Waals surface area contributed by atoms with Gasteiger partial charge in [0.05, 0.1) is 27.2 Å². The maximum atomic E-state index is 12.9. The minimum atomic E-state index is -1.25. The molecule has 0 bridgehead atoms. The number of hydrogen-bond acceptors (Lipinski definition) is 8. The lowest BCUT2D eigenvalue weighted by molar-refractivity contribution is -0.548. The fraction of sp³-hybridized carbons (Fsp3) is 0.500. The van der Waals surface area contributed by atoms with Crippen molar-refractivity contribution in [3.63, 3.8) is 0 Å². The molecule has 3 rings (SSSR count). The summed E-state index contributed by atoms with van der Waals surface area (Å²) in [5.41, 5.74) is -3.20. The van der Waals surface area contributed by atoms with E-state index < -0.39 is 49.1 Å². The molecule has 0 aliphatic carbocycles. The van der Waals surface area contributed by atoms with Gasteiger partial charge in [0.2, 0.25) is 0 Å². The molecular weight excluding hydrogens is 414 g/mol. The molecule has 0 spiro atoms. The number of nitro benzene ring substituents is 2. The number of carbonyl (C=O) groups is 1. The molecule has 0 aromatic heterocycles. The molecule has 166 valence electrons. The van der Waals surface area contributed by atoms with Gasteiger partial charge in [-0.25, -0.2) is 4.58 Å². The number of nitrogens with zero attached hydrogens (tertiary/aromatic N) is 5. The smallest absolute Gasteiger partial charge is 0.321 e. The molecule has 1 aromatic carbocycles. The van der Waals surface area contributed by atoms with Crippen LogP contribution in [-0.4, -0.2) is 70.5 Å². The summed E-state index contributed by atoms with van der Waals surface area (Å²) in [7, 11) is 1.18. The zero-order chi connectivity index (χ0) is 23.1. The van der Waals surface area contributed by atoms with Crippen LogP contribution in [0.5, 0.6) is 0 Å². The Kier molecular flexibility index (Phi) is 5.63. The number of morpholine rings is 1. The van der Waals surface area contributed by atoms with Gasteiger partial charge in [0.1, 0.15) is 25.1 Å². The van der Waals surface area contributed by atoms with Crippen LogP contribution in [0, 0.1) is 36.1 Å². The first kappa shape index (κ1) is 22.1. The van der Waals surface area contributed by atoms with Crippen LogP contribution in [0.2, 0.25) is 0 Å². The molecule has 2 aliphatic heterocycles. The molecule has 0 N–H and O–H groups in total. The van der Waals surface area contributed by atoms with Crippen molar-refractivity contribution in [1.82, 2.24) is 0 Å². The molecule has 2 heterocycles. The first-order valence-corrected chi connectivity index (χ1v) is 9.39. The van der Waals surface area contributed by atoms with Gasteiger partial charge in [0, 0.05) is 18.7 Å². The quantitative estimate of drug-likeness (QED) is 0.294. The van der Waals surface area contributed by atoms with Gasteiger partial charge in [-0.05, 0) is 13.8 Å². The van der Waals surface area contributed by atoms with Crippen molar-refractivity contribution in [2.45, 2.75) is 19.8 Å². The van der Waals surface area contributed by atoms with Gasteiger partial charge in [-0.2, -0.15) is 4.90 Å². The molecule has 13 nitrogen and oxygen atoms in total. The van der Waals surface area contributed by atoms with Crippen LogP contribution in [0.1, 0.15) is 25.3 Å². The predicted octanol–water partition coefficient (Wildman–Crippen LogP) is 1.15. The van der Waals surface area contributed by atoms with Gasteiger partial charge in [-0.3, -0.25) is 25.0 Å². The first-order valence-electron chi connectivity index (χ1n) is 9.39. The molecule has 2 aliphatic rings. The average molecular weight is 435 g/mol. The number of rotatable bonds is 4. The van der Waals surface area contributed by atoms with Gasteiger partial charge >= 0.3 is 5.91 Å². The molecule has 1 saturated heterocycles. The van der Waals surface area contributed by atoms with E-state index >= 15 is 0 Å². The molecule has 1 amide bonds. The molecule has 0 saturated carbocycles. The first-order chi connectivity index (χ1) is 14.5. The van der Waals surface area contributed by atoms with E-state index in [4.69, 9.17) is 4.74 Å². The highest BCUT2D eigenvalue weighted by Crippen LogP contribution is 2.48. The van der Waals surface area contributed by atoms with Crippen LogP contribution in [0.15, 0.2) is 12.1 Å². The van der Waals surface area contributed by atoms with Gasteiger partial charge < -0.3 is 20.1 Å². The molecule has 31 heavy (non-hydrogen) atoms. The number of amides is 1. The van der Waals surface area contributed by atoms with E-state index in [2.05, 4.69) is 0 Å². The summed E-state index contributed by atoms with van der Waals surface area (Å²) < 4.78 is 7.20. The van der Waals surface area contributed by atoms with Crippen LogP contribution >= 0.6 is 0 Å². The number of nitro groups is 2. The second kappa shape index (κ2) is 7.91. The zero-order valence-electron chi connectivity index (χ0n) is 17.1. The van der Waals surface area contributed by atoms with E-state index in [1.165, 1.54) is 7.05 Å². The Morgan fingerprint density at radius 3 is 2.26 bits per heavy atom. The van der Waals surface area contributed by atoms with Crippen molar-refractivity contribution >= 4 is 34.9 Å². The normalized spacial score (nSPS) is 19.1. The predicted molar refractivity (Wildman–Crippen MR) is 109 cm³/mol. The Morgan fingerprint density at radius 1 is 1.13 bits per heavy atom. The second-order valence-electron chi connectivity index (χ2n) is 7.96. The van der Waals surface area contributed by atoms with Crippen molar-refractivity contribution in [3.8, 4) is 0 Å². The van der Waals surface area contributed by atoms with Crippen molar-refractivity contribution in [3.05, 3.63) is 48.3 Å². The summed E-state index contributed by atoms with van der Waals surface area (Å²) in [5.74, 6) is -2.24. The van der Waals surface area contributed by atoms with Gasteiger partial charge in [0.25, 0.3) is 17.1 Å². The Labute approximate surface area is 176 Å². The monoisotopic (exact) mass is 435 g/mol. The van der Waals surface area contributed by atoms with E-state index in [0.717, 1.165) is 17.0 Å². The summed E-state index contributed by atoms with van der Waals surface area (Å²) in [4.78, 5) is 34.4. The van der Waals surface area contributed by atoms with Crippen LogP contribution < -0.4 is 4.90 Å². The largest absolute Gasteiger partial charge is 0.612 e. The minimum absolute atomic E-state index is 0.00999. The van der Waals surface area contributed by atoms with Gasteiger partial charge in [-0.15, -0.1) is 0 Å². The number of ether oxygens (including phenoxy) is 1. The summed E-state index contributed by atoms with van der Waals surface area (Å²) in [6.07, 6.45) is 1.73. The molecule has 1 fully saturated rings. The molecule has 1 atom stereocenters. The third-order valence-corrected chi connectivity index (χ3v) is 5.46. The van der Waals surface area contributed by atoms with E-state index in [1.807, 2.05) is 4.58 Å². The summed E-state index contributed by atoms with van der Waals surface area (Å²) in [6, 6.07) is 1.84. The molecular formula is C18H21N5O8. The molecule has 1 unspecified atom stereocenters. The van der Waals surface area contributed by atoms with E-state index in [0.29, 0.717) is 26.3 Å². The zero-order valence-corrected chi connectivity index (χ0v) is 17.1. The Bertz CT molecular complexity index is 1020. The highest BCUT2D eigenvalue weighted by Gasteiger charge is 2.52. The summed E-state index contributed by atoms with van der Waals surface area (Å²) in [6.45, 7) is 5.28. The van der Waals surface area contributed by atoms with Gasteiger partial charge in [-0.1, -0.05) is 0 Å². The van der Waals surface area contributed by atoms with Crippen molar-refractivity contribution in [2.24, 2.45) is 5.41 Å². The summed E-state index contributed by atoms with van der Waals surface area (Å²) >= 11 is 0. The topological polar surface area (TPSA) is 168 Å². The number of carbonyl (C=O) groups excluding carboxylic acids is 1. The van der Waals surface area contributed by atoms with Crippen LogP contribution in [-0.2, 0) is 9.53 Å². The fourth-order valence-corrected chi connectivity index (χ4v) is 4.19. The third kappa shape index (κ3) is 3.91. The SMILES string of the molecule is CN1C(=O)C(=[N+]([O-])[O-])C(C(C)(C)C=[N+]2CCOCC2)c2cc([N+](=O)[O-])cc([N+](=O)[O-])c21. The lowest BCUT2D eigenvalue weighted by atomic mass is 9.70. The standard InChI is InChI=1S/C18H21N5O8/c1-18(2,10-20-4-6-31-7-5-20)14-12-8-11(21(25)26)9-13(22(27)28)15(12)19(3)17(24)16(14)23(29)30/h8-10,14H,4-7H2,1-3H3. The molecule has 0 radical (unpaired) electrons. The van der Waals surface area contributed by atoms with Crippen LogP contribution in [0.25, 0.3) is 0 Å². The lowest BCUT2D eigenvalue weighted by Gasteiger charge is -2.37. The Morgan fingerprint density at radius 2 is 1.74 bits per heavy atom. The number of hydrogen-bond donors (Lipinski definition) is 0. The lowest BCUT2D eigenvalue weighted by Crippen LogP contribution is -2.50. The van der Waals surface area contributed by atoms with Crippen LogP contribution in [0.4, 0.5) is 17.1 Å². The summed E-state index contributed by atoms with van der Waals surface area (Å²) in [5, 5.41) is 46.9. The van der Waals surface area contributed by atoms with Crippen molar-refractivity contribution < 1.29 is 28.9 Å². The molecule has 1 aromatic rings. The number of non-ortho nitro benzene ring substituents is 1. The highest BCUT2D eigenvalue weighted by atomic mass is 16.8. The van der Waals surface area contributed by atoms with Crippen LogP contribution in [0.3, 0.4) is 0 Å². The third-order valence-electron chi connectivity index (χ3n) is 5.46. The minimum Gasteiger partial charge on any atom is -0.612 e. The maximum Gasteiger partial charge on any atom is 0.321 e. The molecule has 13 heteroatoms. The number of anilines is 1. The Balaban J connectivity index is 2.35. The van der Waals surface area contributed by atoms with Crippen molar-refractivity contribution in [2.75, 3.05) is 38.3 Å². The average Bonchev–Trinajstić information content (AvgIpc) is 2.69. The van der Waals surface area contributed by atoms with E-state index in [9.17, 15) is 35.4 Å². The van der Waals surface area contributed by atoms with E-state index in [1.54, 1.807) is 20.1 Å². The van der Waals surface area contributed by atoms with Crippen molar-refractivity contribution in [1.29, 1.82) is 0 Å². The highest BCUT2D eigenvalue weighted by molar-refractivity contribution is 6.46.